The topological polar surface area (TPSA) is 0 Å². The Labute approximate surface area is 63.3 Å². The Hall–Kier alpha value is -0.260. The van der Waals surface area contributed by atoms with Crippen molar-refractivity contribution in [3.8, 4) is 0 Å². The van der Waals surface area contributed by atoms with Crippen molar-refractivity contribution in [2.75, 3.05) is 0 Å². The normalized spacial score (nSPS) is 45.4. The van der Waals surface area contributed by atoms with Gasteiger partial charge in [-0.3, -0.25) is 0 Å². The Morgan fingerprint density at radius 3 is 2.90 bits per heavy atom. The minimum absolute atomic E-state index is 0.968. The monoisotopic (exact) mass is 136 g/mol. The number of hydrogen-bond acceptors (Lipinski definition) is 0. The first-order valence-corrected chi connectivity index (χ1v) is 4.43. The molecule has 0 heteroatoms. The molecule has 0 amide bonds. The third-order valence-electron chi connectivity index (χ3n) is 3.07. The van der Waals surface area contributed by atoms with Crippen LogP contribution in [-0.2, 0) is 0 Å². The van der Waals surface area contributed by atoms with Crippen molar-refractivity contribution in [2.24, 2.45) is 17.8 Å². The van der Waals surface area contributed by atoms with Crippen LogP contribution in [0.2, 0.25) is 0 Å². The van der Waals surface area contributed by atoms with E-state index >= 15 is 0 Å². The number of allylic oxidation sites excluding steroid dienone is 2. The highest BCUT2D eigenvalue weighted by atomic mass is 14.4. The van der Waals surface area contributed by atoms with E-state index in [1.807, 2.05) is 0 Å². The van der Waals surface area contributed by atoms with Crippen LogP contribution in [0.1, 0.15) is 33.1 Å². The fraction of sp³-hybridized carbons (Fsp3) is 0.800. The van der Waals surface area contributed by atoms with Gasteiger partial charge in [0, 0.05) is 0 Å². The van der Waals surface area contributed by atoms with Crippen molar-refractivity contribution < 1.29 is 0 Å². The molecule has 56 valence electrons. The largest absolute Gasteiger partial charge is 0.0822 e. The first-order valence-electron chi connectivity index (χ1n) is 4.43. The summed E-state index contributed by atoms with van der Waals surface area (Å²) in [5.41, 5.74) is 1.64. The summed E-state index contributed by atoms with van der Waals surface area (Å²) in [6.45, 7) is 4.67. The molecule has 3 unspecified atom stereocenters. The quantitative estimate of drug-likeness (QED) is 0.449. The molecule has 0 aromatic carbocycles. The maximum absolute atomic E-state index is 2.51. The van der Waals surface area contributed by atoms with Gasteiger partial charge in [-0.2, -0.15) is 0 Å². The molecule has 10 heavy (non-hydrogen) atoms. The van der Waals surface area contributed by atoms with Gasteiger partial charge in [0.25, 0.3) is 0 Å². The second-order valence-corrected chi connectivity index (χ2v) is 4.22. The Balaban J connectivity index is 2.10. The summed E-state index contributed by atoms with van der Waals surface area (Å²) < 4.78 is 0. The van der Waals surface area contributed by atoms with Crippen LogP contribution in [-0.4, -0.2) is 0 Å². The summed E-state index contributed by atoms with van der Waals surface area (Å²) in [5, 5.41) is 0. The van der Waals surface area contributed by atoms with Gasteiger partial charge in [0.1, 0.15) is 0 Å². The Kier molecular flexibility index (Phi) is 1.36. The van der Waals surface area contributed by atoms with E-state index in [9.17, 15) is 0 Å². The molecule has 1 saturated carbocycles. The molecule has 0 aliphatic heterocycles. The van der Waals surface area contributed by atoms with E-state index in [-0.39, 0.29) is 0 Å². The highest BCUT2D eigenvalue weighted by Crippen LogP contribution is 2.45. The van der Waals surface area contributed by atoms with Crippen LogP contribution in [0.3, 0.4) is 0 Å². The second kappa shape index (κ2) is 2.11. The lowest BCUT2D eigenvalue weighted by Gasteiger charge is -2.05. The second-order valence-electron chi connectivity index (χ2n) is 4.22. The van der Waals surface area contributed by atoms with Crippen LogP contribution in [0, 0.1) is 17.8 Å². The van der Waals surface area contributed by atoms with Crippen LogP contribution in [0.4, 0.5) is 0 Å². The molecule has 0 N–H and O–H groups in total. The lowest BCUT2D eigenvalue weighted by molar-refractivity contribution is 0.486. The van der Waals surface area contributed by atoms with Gasteiger partial charge in [-0.1, -0.05) is 18.6 Å². The van der Waals surface area contributed by atoms with E-state index in [1.165, 1.54) is 19.3 Å². The molecule has 0 bridgehead atoms. The summed E-state index contributed by atoms with van der Waals surface area (Å²) >= 11 is 0. The molecule has 0 spiro atoms. The predicted octanol–water partition coefficient (Wildman–Crippen LogP) is 3.00. The molecule has 0 aromatic heterocycles. The van der Waals surface area contributed by atoms with E-state index in [0.29, 0.717) is 0 Å². The van der Waals surface area contributed by atoms with Crippen molar-refractivity contribution in [3.05, 3.63) is 11.6 Å². The molecule has 2 aliphatic rings. The molecular formula is C10H16. The third-order valence-corrected chi connectivity index (χ3v) is 3.07. The van der Waals surface area contributed by atoms with Gasteiger partial charge in [-0.05, 0) is 43.9 Å². The van der Waals surface area contributed by atoms with Gasteiger partial charge in [0.05, 0.1) is 0 Å². The predicted molar refractivity (Wildman–Crippen MR) is 43.8 cm³/mol. The zero-order valence-corrected chi connectivity index (χ0v) is 6.93. The van der Waals surface area contributed by atoms with Crippen molar-refractivity contribution in [3.63, 3.8) is 0 Å². The van der Waals surface area contributed by atoms with Gasteiger partial charge in [-0.15, -0.1) is 0 Å². The molecule has 0 nitrogen and oxygen atoms in total. The minimum atomic E-state index is 0.968. The Morgan fingerprint density at radius 1 is 1.40 bits per heavy atom. The van der Waals surface area contributed by atoms with Crippen molar-refractivity contribution >= 4 is 0 Å². The Morgan fingerprint density at radius 2 is 2.20 bits per heavy atom. The minimum Gasteiger partial charge on any atom is -0.0822 e. The first-order chi connectivity index (χ1) is 4.75. The zero-order valence-electron chi connectivity index (χ0n) is 6.93. The van der Waals surface area contributed by atoms with Crippen molar-refractivity contribution in [2.45, 2.75) is 33.1 Å². The van der Waals surface area contributed by atoms with E-state index < -0.39 is 0 Å². The molecule has 3 atom stereocenters. The molecule has 0 heterocycles. The van der Waals surface area contributed by atoms with E-state index in [2.05, 4.69) is 19.9 Å². The van der Waals surface area contributed by atoms with Crippen LogP contribution in [0.5, 0.6) is 0 Å². The van der Waals surface area contributed by atoms with Crippen LogP contribution >= 0.6 is 0 Å². The average molecular weight is 136 g/mol. The maximum Gasteiger partial charge on any atom is -0.0197 e. The SMILES string of the molecule is CC1=CC2CC(C)CC2C1. The van der Waals surface area contributed by atoms with Gasteiger partial charge in [0.2, 0.25) is 0 Å². The highest BCUT2D eigenvalue weighted by Gasteiger charge is 2.33. The number of rotatable bonds is 0. The highest BCUT2D eigenvalue weighted by molar-refractivity contribution is 5.13. The Bertz CT molecular complexity index is 167. The fourth-order valence-electron chi connectivity index (χ4n) is 2.73. The summed E-state index contributed by atoms with van der Waals surface area (Å²) in [6, 6.07) is 0. The molecule has 2 aliphatic carbocycles. The lowest BCUT2D eigenvalue weighted by Crippen LogP contribution is -1.96. The van der Waals surface area contributed by atoms with Crippen LogP contribution in [0.25, 0.3) is 0 Å². The van der Waals surface area contributed by atoms with E-state index in [1.54, 1.807) is 5.57 Å². The molecule has 2 rings (SSSR count). The molecule has 1 fully saturated rings. The van der Waals surface area contributed by atoms with Gasteiger partial charge >= 0.3 is 0 Å². The first kappa shape index (κ1) is 6.45. The van der Waals surface area contributed by atoms with Gasteiger partial charge < -0.3 is 0 Å². The van der Waals surface area contributed by atoms with Crippen molar-refractivity contribution in [1.29, 1.82) is 0 Å². The molecule has 0 aromatic rings. The summed E-state index contributed by atoms with van der Waals surface area (Å²) in [7, 11) is 0. The van der Waals surface area contributed by atoms with Gasteiger partial charge in [-0.25, -0.2) is 0 Å². The molecule has 0 saturated heterocycles. The van der Waals surface area contributed by atoms with E-state index in [0.717, 1.165) is 17.8 Å². The number of fused-ring (bicyclic) bond motifs is 1. The number of hydrogen-bond donors (Lipinski definition) is 0. The summed E-state index contributed by atoms with van der Waals surface area (Å²) in [5.74, 6) is 3.00. The zero-order chi connectivity index (χ0) is 7.14. The summed E-state index contributed by atoms with van der Waals surface area (Å²) in [4.78, 5) is 0. The van der Waals surface area contributed by atoms with Crippen LogP contribution < -0.4 is 0 Å². The average Bonchev–Trinajstić information content (AvgIpc) is 2.21. The standard InChI is InChI=1S/C10H16/c1-7-3-9-5-8(2)6-10(9)4-7/h3,8-10H,4-6H2,1-2H3. The molecule has 0 radical (unpaired) electrons. The van der Waals surface area contributed by atoms with Crippen LogP contribution in [0.15, 0.2) is 11.6 Å². The summed E-state index contributed by atoms with van der Waals surface area (Å²) in [6.07, 6.45) is 6.85. The smallest absolute Gasteiger partial charge is 0.0197 e. The van der Waals surface area contributed by atoms with Crippen molar-refractivity contribution in [1.82, 2.24) is 0 Å². The van der Waals surface area contributed by atoms with Gasteiger partial charge in [0.15, 0.2) is 0 Å². The fourth-order valence-corrected chi connectivity index (χ4v) is 2.73. The maximum atomic E-state index is 2.51. The third kappa shape index (κ3) is 0.902. The lowest BCUT2D eigenvalue weighted by atomic mass is 10.00. The molecular weight excluding hydrogens is 120 g/mol. The van der Waals surface area contributed by atoms with E-state index in [4.69, 9.17) is 0 Å².